The first-order valence-corrected chi connectivity index (χ1v) is 6.55. The van der Waals surface area contributed by atoms with E-state index in [0.717, 1.165) is 5.75 Å². The quantitative estimate of drug-likeness (QED) is 0.696. The van der Waals surface area contributed by atoms with E-state index in [2.05, 4.69) is 57.2 Å². The lowest BCUT2D eigenvalue weighted by atomic mass is 10.1. The standard InChI is InChI=1S/C18H20O/c1-18(2,3)19-17-13-11-16(12-14-17)10-9-15-7-5-4-6-8-15/h4-14H,1-3H3. The van der Waals surface area contributed by atoms with Crippen LogP contribution in [0.25, 0.3) is 12.2 Å². The molecule has 0 bridgehead atoms. The molecule has 98 valence electrons. The maximum atomic E-state index is 5.80. The van der Waals surface area contributed by atoms with Crippen LogP contribution in [0.4, 0.5) is 0 Å². The van der Waals surface area contributed by atoms with Crippen LogP contribution in [-0.2, 0) is 0 Å². The Morgan fingerprint density at radius 2 is 1.26 bits per heavy atom. The van der Waals surface area contributed by atoms with Gasteiger partial charge in [0.15, 0.2) is 0 Å². The molecule has 1 heteroatoms. The van der Waals surface area contributed by atoms with Gasteiger partial charge in [-0.3, -0.25) is 0 Å². The maximum Gasteiger partial charge on any atom is 0.120 e. The first kappa shape index (κ1) is 13.4. The molecule has 0 fully saturated rings. The summed E-state index contributed by atoms with van der Waals surface area (Å²) in [5, 5.41) is 0. The van der Waals surface area contributed by atoms with Crippen molar-refractivity contribution in [3.63, 3.8) is 0 Å². The van der Waals surface area contributed by atoms with Crippen LogP contribution in [0.5, 0.6) is 5.75 Å². The van der Waals surface area contributed by atoms with E-state index in [0.29, 0.717) is 0 Å². The molecule has 0 aliphatic rings. The molecule has 0 aliphatic heterocycles. The molecule has 0 amide bonds. The molecular formula is C18H20O. The number of benzene rings is 2. The molecule has 2 aromatic rings. The Bertz CT molecular complexity index is 530. The van der Waals surface area contributed by atoms with Crippen LogP contribution in [0.2, 0.25) is 0 Å². The minimum Gasteiger partial charge on any atom is -0.488 e. The lowest BCUT2D eigenvalue weighted by molar-refractivity contribution is 0.131. The van der Waals surface area contributed by atoms with E-state index in [9.17, 15) is 0 Å². The number of rotatable bonds is 3. The van der Waals surface area contributed by atoms with Crippen molar-refractivity contribution in [2.45, 2.75) is 26.4 Å². The average Bonchev–Trinajstić information content (AvgIpc) is 2.37. The van der Waals surface area contributed by atoms with E-state index in [1.165, 1.54) is 11.1 Å². The van der Waals surface area contributed by atoms with Gasteiger partial charge in [0.25, 0.3) is 0 Å². The lowest BCUT2D eigenvalue weighted by Crippen LogP contribution is -2.22. The van der Waals surface area contributed by atoms with Crippen molar-refractivity contribution in [2.75, 3.05) is 0 Å². The Balaban J connectivity index is 2.05. The van der Waals surface area contributed by atoms with Crippen LogP contribution in [0.1, 0.15) is 31.9 Å². The molecule has 0 atom stereocenters. The van der Waals surface area contributed by atoms with Gasteiger partial charge < -0.3 is 4.74 Å². The second-order valence-electron chi connectivity index (χ2n) is 5.53. The predicted octanol–water partition coefficient (Wildman–Crippen LogP) is 5.03. The second kappa shape index (κ2) is 5.75. The Labute approximate surface area is 115 Å². The van der Waals surface area contributed by atoms with Crippen molar-refractivity contribution in [1.82, 2.24) is 0 Å². The molecule has 0 N–H and O–H groups in total. The highest BCUT2D eigenvalue weighted by atomic mass is 16.5. The average molecular weight is 252 g/mol. The smallest absolute Gasteiger partial charge is 0.120 e. The molecule has 0 aromatic heterocycles. The van der Waals surface area contributed by atoms with E-state index >= 15 is 0 Å². The van der Waals surface area contributed by atoms with Crippen LogP contribution in [0.15, 0.2) is 54.6 Å². The van der Waals surface area contributed by atoms with Crippen LogP contribution in [0.3, 0.4) is 0 Å². The highest BCUT2D eigenvalue weighted by Gasteiger charge is 2.10. The third-order valence-corrected chi connectivity index (χ3v) is 2.57. The van der Waals surface area contributed by atoms with Crippen molar-refractivity contribution in [3.05, 3.63) is 65.7 Å². The van der Waals surface area contributed by atoms with Crippen LogP contribution >= 0.6 is 0 Å². The SMILES string of the molecule is CC(C)(C)Oc1ccc(C=Cc2ccccc2)cc1. The van der Waals surface area contributed by atoms with Gasteiger partial charge in [0.05, 0.1) is 0 Å². The first-order chi connectivity index (χ1) is 9.03. The van der Waals surface area contributed by atoms with Crippen molar-refractivity contribution in [2.24, 2.45) is 0 Å². The van der Waals surface area contributed by atoms with E-state index in [1.807, 2.05) is 30.3 Å². The monoisotopic (exact) mass is 252 g/mol. The minimum absolute atomic E-state index is 0.151. The van der Waals surface area contributed by atoms with Gasteiger partial charge in [0.1, 0.15) is 11.4 Å². The van der Waals surface area contributed by atoms with Gasteiger partial charge in [-0.15, -0.1) is 0 Å². The van der Waals surface area contributed by atoms with Gasteiger partial charge in [0.2, 0.25) is 0 Å². The van der Waals surface area contributed by atoms with E-state index in [1.54, 1.807) is 0 Å². The van der Waals surface area contributed by atoms with Gasteiger partial charge in [-0.1, -0.05) is 54.6 Å². The Morgan fingerprint density at radius 3 is 1.79 bits per heavy atom. The Morgan fingerprint density at radius 1 is 0.737 bits per heavy atom. The molecule has 0 unspecified atom stereocenters. The molecule has 1 nitrogen and oxygen atoms in total. The largest absolute Gasteiger partial charge is 0.488 e. The summed E-state index contributed by atoms with van der Waals surface area (Å²) < 4.78 is 5.80. The molecule has 0 saturated heterocycles. The molecule has 0 aliphatic carbocycles. The molecule has 0 spiro atoms. The van der Waals surface area contributed by atoms with Crippen molar-refractivity contribution in [1.29, 1.82) is 0 Å². The second-order valence-corrected chi connectivity index (χ2v) is 5.53. The summed E-state index contributed by atoms with van der Waals surface area (Å²) in [6.45, 7) is 6.16. The minimum atomic E-state index is -0.151. The van der Waals surface area contributed by atoms with E-state index in [-0.39, 0.29) is 5.60 Å². The maximum absolute atomic E-state index is 5.80. The predicted molar refractivity (Wildman–Crippen MR) is 82.2 cm³/mol. The number of ether oxygens (including phenoxy) is 1. The summed E-state index contributed by atoms with van der Waals surface area (Å²) in [5.74, 6) is 0.907. The highest BCUT2D eigenvalue weighted by molar-refractivity contribution is 5.69. The summed E-state index contributed by atoms with van der Waals surface area (Å²) in [4.78, 5) is 0. The molecule has 0 saturated carbocycles. The van der Waals surface area contributed by atoms with Gasteiger partial charge in [-0.05, 0) is 44.0 Å². The third kappa shape index (κ3) is 4.63. The fourth-order valence-corrected chi connectivity index (χ4v) is 1.76. The van der Waals surface area contributed by atoms with Crippen molar-refractivity contribution in [3.8, 4) is 5.75 Å². The summed E-state index contributed by atoms with van der Waals surface area (Å²) in [6.07, 6.45) is 4.22. The molecule has 0 heterocycles. The fourth-order valence-electron chi connectivity index (χ4n) is 1.76. The molecule has 19 heavy (non-hydrogen) atoms. The van der Waals surface area contributed by atoms with E-state index < -0.39 is 0 Å². The van der Waals surface area contributed by atoms with Crippen LogP contribution in [-0.4, -0.2) is 5.60 Å². The summed E-state index contributed by atoms with van der Waals surface area (Å²) in [6, 6.07) is 18.4. The molecule has 2 rings (SSSR count). The third-order valence-electron chi connectivity index (χ3n) is 2.57. The summed E-state index contributed by atoms with van der Waals surface area (Å²) in [7, 11) is 0. The topological polar surface area (TPSA) is 9.23 Å². The van der Waals surface area contributed by atoms with Gasteiger partial charge in [0, 0.05) is 0 Å². The lowest BCUT2D eigenvalue weighted by Gasteiger charge is -2.21. The van der Waals surface area contributed by atoms with E-state index in [4.69, 9.17) is 4.74 Å². The zero-order chi connectivity index (χ0) is 13.7. The van der Waals surface area contributed by atoms with Gasteiger partial charge in [-0.2, -0.15) is 0 Å². The fraction of sp³-hybridized carbons (Fsp3) is 0.222. The highest BCUT2D eigenvalue weighted by Crippen LogP contribution is 2.19. The zero-order valence-electron chi connectivity index (χ0n) is 11.8. The normalized spacial score (nSPS) is 11.7. The summed E-state index contributed by atoms with van der Waals surface area (Å²) in [5.41, 5.74) is 2.23. The van der Waals surface area contributed by atoms with Gasteiger partial charge in [-0.25, -0.2) is 0 Å². The number of hydrogen-bond acceptors (Lipinski definition) is 1. The van der Waals surface area contributed by atoms with Crippen LogP contribution < -0.4 is 4.74 Å². The van der Waals surface area contributed by atoms with Crippen molar-refractivity contribution >= 4 is 12.2 Å². The molecule has 0 radical (unpaired) electrons. The van der Waals surface area contributed by atoms with Crippen molar-refractivity contribution < 1.29 is 4.74 Å². The van der Waals surface area contributed by atoms with Crippen LogP contribution in [0, 0.1) is 0 Å². The number of hydrogen-bond donors (Lipinski definition) is 0. The molecular weight excluding hydrogens is 232 g/mol. The Hall–Kier alpha value is -2.02. The zero-order valence-corrected chi connectivity index (χ0v) is 11.8. The Kier molecular flexibility index (Phi) is 4.06. The summed E-state index contributed by atoms with van der Waals surface area (Å²) >= 11 is 0. The van der Waals surface area contributed by atoms with Gasteiger partial charge >= 0.3 is 0 Å². The first-order valence-electron chi connectivity index (χ1n) is 6.55. The molecule has 2 aromatic carbocycles.